The molecule has 1 saturated carbocycles. The number of hydrogen-bond acceptors (Lipinski definition) is 0. The summed E-state index contributed by atoms with van der Waals surface area (Å²) in [5, 5.41) is 0.833. The molecule has 0 amide bonds. The highest BCUT2D eigenvalue weighted by Crippen LogP contribution is 2.36. The molecule has 1 fully saturated rings. The minimum atomic E-state index is 0.705. The van der Waals surface area contributed by atoms with Gasteiger partial charge in [0.25, 0.3) is 0 Å². The van der Waals surface area contributed by atoms with Crippen LogP contribution in [0.1, 0.15) is 37.2 Å². The van der Waals surface area contributed by atoms with Crippen LogP contribution in [0.3, 0.4) is 0 Å². The fourth-order valence-electron chi connectivity index (χ4n) is 2.17. The van der Waals surface area contributed by atoms with Gasteiger partial charge < -0.3 is 0 Å². The third-order valence-electron chi connectivity index (χ3n) is 2.95. The lowest BCUT2D eigenvalue weighted by Crippen LogP contribution is -2.13. The highest BCUT2D eigenvalue weighted by molar-refractivity contribution is 9.09. The van der Waals surface area contributed by atoms with Crippen LogP contribution >= 0.6 is 27.5 Å². The summed E-state index contributed by atoms with van der Waals surface area (Å²) < 4.78 is 0. The number of rotatable bonds is 1. The van der Waals surface area contributed by atoms with E-state index in [0.29, 0.717) is 4.83 Å². The van der Waals surface area contributed by atoms with E-state index in [1.807, 2.05) is 12.1 Å². The maximum atomic E-state index is 5.87. The van der Waals surface area contributed by atoms with Crippen LogP contribution in [0, 0.1) is 0 Å². The molecular formula is C12H14BrCl. The van der Waals surface area contributed by atoms with Gasteiger partial charge in [0, 0.05) is 9.85 Å². The Bertz CT molecular complexity index is 294. The Kier molecular flexibility index (Phi) is 3.51. The first kappa shape index (κ1) is 10.5. The standard InChI is InChI=1S/C12H14BrCl/c13-11-3-1-2-10(8-11)9-4-6-12(14)7-5-9/h4-7,10-11H,1-3,8H2. The molecule has 0 N–H and O–H groups in total. The second kappa shape index (κ2) is 4.67. The molecular weight excluding hydrogens is 259 g/mol. The summed E-state index contributed by atoms with van der Waals surface area (Å²) in [6, 6.07) is 8.32. The van der Waals surface area contributed by atoms with Crippen molar-refractivity contribution in [2.45, 2.75) is 36.4 Å². The van der Waals surface area contributed by atoms with Crippen LogP contribution in [0.15, 0.2) is 24.3 Å². The number of benzene rings is 1. The molecule has 2 atom stereocenters. The van der Waals surface area contributed by atoms with E-state index in [2.05, 4.69) is 28.1 Å². The fourth-order valence-corrected chi connectivity index (χ4v) is 3.07. The van der Waals surface area contributed by atoms with Gasteiger partial charge in [-0.3, -0.25) is 0 Å². The van der Waals surface area contributed by atoms with Crippen molar-refractivity contribution in [3.63, 3.8) is 0 Å². The Balaban J connectivity index is 2.10. The summed E-state index contributed by atoms with van der Waals surface area (Å²) in [6.07, 6.45) is 5.25. The first-order chi connectivity index (χ1) is 6.75. The molecule has 0 heterocycles. The first-order valence-electron chi connectivity index (χ1n) is 5.15. The molecule has 0 aromatic heterocycles. The summed E-state index contributed by atoms with van der Waals surface area (Å²) in [4.78, 5) is 0.705. The lowest BCUT2D eigenvalue weighted by molar-refractivity contribution is 0.458. The molecule has 76 valence electrons. The predicted octanol–water partition coefficient (Wildman–Crippen LogP) is 4.76. The molecule has 1 aromatic carbocycles. The van der Waals surface area contributed by atoms with Gasteiger partial charge in [-0.05, 0) is 42.9 Å². The van der Waals surface area contributed by atoms with E-state index in [9.17, 15) is 0 Å². The Morgan fingerprint density at radius 1 is 1.14 bits per heavy atom. The van der Waals surface area contributed by atoms with E-state index in [1.54, 1.807) is 0 Å². The second-order valence-electron chi connectivity index (χ2n) is 4.01. The Morgan fingerprint density at radius 3 is 2.50 bits per heavy atom. The van der Waals surface area contributed by atoms with E-state index >= 15 is 0 Å². The van der Waals surface area contributed by atoms with Crippen LogP contribution in [-0.4, -0.2) is 4.83 Å². The van der Waals surface area contributed by atoms with Crippen molar-refractivity contribution in [3.8, 4) is 0 Å². The summed E-state index contributed by atoms with van der Waals surface area (Å²) >= 11 is 9.58. The third-order valence-corrected chi connectivity index (χ3v) is 4.04. The Hall–Kier alpha value is -0.0100. The van der Waals surface area contributed by atoms with Crippen LogP contribution in [0.4, 0.5) is 0 Å². The van der Waals surface area contributed by atoms with E-state index in [1.165, 1.54) is 31.2 Å². The monoisotopic (exact) mass is 272 g/mol. The van der Waals surface area contributed by atoms with E-state index in [4.69, 9.17) is 11.6 Å². The van der Waals surface area contributed by atoms with Gasteiger partial charge in [0.1, 0.15) is 0 Å². The molecule has 14 heavy (non-hydrogen) atoms. The minimum absolute atomic E-state index is 0.705. The Morgan fingerprint density at radius 2 is 1.86 bits per heavy atom. The summed E-state index contributed by atoms with van der Waals surface area (Å²) in [5.41, 5.74) is 1.44. The zero-order valence-electron chi connectivity index (χ0n) is 8.05. The lowest BCUT2D eigenvalue weighted by atomic mass is 9.84. The van der Waals surface area contributed by atoms with Gasteiger partial charge in [-0.25, -0.2) is 0 Å². The van der Waals surface area contributed by atoms with Crippen molar-refractivity contribution in [2.24, 2.45) is 0 Å². The lowest BCUT2D eigenvalue weighted by Gasteiger charge is -2.25. The van der Waals surface area contributed by atoms with E-state index in [-0.39, 0.29) is 0 Å². The first-order valence-corrected chi connectivity index (χ1v) is 6.44. The Labute approximate surface area is 98.8 Å². The topological polar surface area (TPSA) is 0 Å². The smallest absolute Gasteiger partial charge is 0.0406 e. The quantitative estimate of drug-likeness (QED) is 0.647. The van der Waals surface area contributed by atoms with Crippen LogP contribution in [0.2, 0.25) is 5.02 Å². The largest absolute Gasteiger partial charge is 0.0890 e. The molecule has 2 unspecified atom stereocenters. The average Bonchev–Trinajstić information content (AvgIpc) is 2.19. The molecule has 2 heteroatoms. The number of halogens is 2. The SMILES string of the molecule is Clc1ccc(C2CCCC(Br)C2)cc1. The summed E-state index contributed by atoms with van der Waals surface area (Å²) in [7, 11) is 0. The average molecular weight is 274 g/mol. The van der Waals surface area contributed by atoms with E-state index < -0.39 is 0 Å². The van der Waals surface area contributed by atoms with Gasteiger partial charge in [-0.2, -0.15) is 0 Å². The zero-order valence-corrected chi connectivity index (χ0v) is 10.4. The molecule has 1 aliphatic carbocycles. The summed E-state index contributed by atoms with van der Waals surface area (Å²) in [6.45, 7) is 0. The predicted molar refractivity (Wildman–Crippen MR) is 65.4 cm³/mol. The van der Waals surface area contributed by atoms with Crippen LogP contribution in [-0.2, 0) is 0 Å². The van der Waals surface area contributed by atoms with Gasteiger partial charge in [-0.1, -0.05) is 46.1 Å². The van der Waals surface area contributed by atoms with Crippen molar-refractivity contribution in [2.75, 3.05) is 0 Å². The highest BCUT2D eigenvalue weighted by Gasteiger charge is 2.20. The van der Waals surface area contributed by atoms with Gasteiger partial charge in [0.2, 0.25) is 0 Å². The van der Waals surface area contributed by atoms with Crippen molar-refractivity contribution in [3.05, 3.63) is 34.9 Å². The van der Waals surface area contributed by atoms with E-state index in [0.717, 1.165) is 10.9 Å². The fraction of sp³-hybridized carbons (Fsp3) is 0.500. The molecule has 0 nitrogen and oxygen atoms in total. The van der Waals surface area contributed by atoms with Gasteiger partial charge in [0.15, 0.2) is 0 Å². The molecule has 0 saturated heterocycles. The maximum Gasteiger partial charge on any atom is 0.0406 e. The third kappa shape index (κ3) is 2.52. The second-order valence-corrected chi connectivity index (χ2v) is 5.74. The summed E-state index contributed by atoms with van der Waals surface area (Å²) in [5.74, 6) is 0.727. The molecule has 1 aliphatic rings. The highest BCUT2D eigenvalue weighted by atomic mass is 79.9. The normalized spacial score (nSPS) is 27.6. The van der Waals surface area contributed by atoms with Gasteiger partial charge in [0.05, 0.1) is 0 Å². The van der Waals surface area contributed by atoms with Crippen molar-refractivity contribution in [1.82, 2.24) is 0 Å². The van der Waals surface area contributed by atoms with Crippen molar-refractivity contribution in [1.29, 1.82) is 0 Å². The van der Waals surface area contributed by atoms with Crippen molar-refractivity contribution >= 4 is 27.5 Å². The number of alkyl halides is 1. The van der Waals surface area contributed by atoms with Crippen LogP contribution < -0.4 is 0 Å². The molecule has 0 radical (unpaired) electrons. The zero-order chi connectivity index (χ0) is 9.97. The molecule has 0 spiro atoms. The van der Waals surface area contributed by atoms with Crippen molar-refractivity contribution < 1.29 is 0 Å². The molecule has 2 rings (SSSR count). The molecule has 1 aromatic rings. The molecule has 0 aliphatic heterocycles. The maximum absolute atomic E-state index is 5.87. The van der Waals surface area contributed by atoms with Gasteiger partial charge in [-0.15, -0.1) is 0 Å². The van der Waals surface area contributed by atoms with Crippen LogP contribution in [0.25, 0.3) is 0 Å². The number of hydrogen-bond donors (Lipinski definition) is 0. The minimum Gasteiger partial charge on any atom is -0.0890 e. The van der Waals surface area contributed by atoms with Crippen LogP contribution in [0.5, 0.6) is 0 Å². The molecule has 0 bridgehead atoms. The van der Waals surface area contributed by atoms with Gasteiger partial charge >= 0.3 is 0 Å².